The van der Waals surface area contributed by atoms with Gasteiger partial charge in [-0.25, -0.2) is 14.6 Å². The molecule has 10 nitrogen and oxygen atoms in total. The summed E-state index contributed by atoms with van der Waals surface area (Å²) in [5, 5.41) is 13.1. The minimum Gasteiger partial charge on any atom is -0.360 e. The maximum Gasteiger partial charge on any atom is 0.298 e. The molecule has 4 heterocycles. The number of amides is 1. The van der Waals surface area contributed by atoms with E-state index in [0.29, 0.717) is 39.3 Å². The van der Waals surface area contributed by atoms with Crippen LogP contribution in [0, 0.1) is 20.8 Å². The maximum atomic E-state index is 13.0. The number of rotatable bonds is 5. The first-order chi connectivity index (χ1) is 17.9. The molecule has 10 heteroatoms. The zero-order chi connectivity index (χ0) is 25.7. The van der Waals surface area contributed by atoms with Crippen LogP contribution in [0.25, 0.3) is 33.4 Å². The van der Waals surface area contributed by atoms with Crippen LogP contribution in [0.15, 0.2) is 67.3 Å². The van der Waals surface area contributed by atoms with Gasteiger partial charge in [0.2, 0.25) is 0 Å². The lowest BCUT2D eigenvalue weighted by molar-refractivity contribution is -0.112. The molecule has 1 amide bonds. The maximum absolute atomic E-state index is 13.0. The number of carbonyl (C=O) groups is 2. The zero-order valence-corrected chi connectivity index (χ0v) is 20.4. The van der Waals surface area contributed by atoms with Crippen molar-refractivity contribution in [2.24, 2.45) is 0 Å². The second-order valence-corrected chi connectivity index (χ2v) is 8.89. The predicted molar refractivity (Wildman–Crippen MR) is 139 cm³/mol. The van der Waals surface area contributed by atoms with Crippen molar-refractivity contribution in [1.82, 2.24) is 34.5 Å². The Balaban J connectivity index is 1.38. The number of aromatic nitrogens is 7. The number of ketones is 1. The summed E-state index contributed by atoms with van der Waals surface area (Å²) in [4.78, 5) is 37.9. The van der Waals surface area contributed by atoms with E-state index in [4.69, 9.17) is 0 Å². The summed E-state index contributed by atoms with van der Waals surface area (Å²) >= 11 is 0. The molecule has 0 atom stereocenters. The lowest BCUT2D eigenvalue weighted by Gasteiger charge is -2.10. The van der Waals surface area contributed by atoms with Gasteiger partial charge in [0, 0.05) is 23.2 Å². The molecule has 6 rings (SSSR count). The number of benzene rings is 2. The number of aryl methyl sites for hydroxylation is 3. The fraction of sp³-hybridized carbons (Fsp3) is 0.111. The molecule has 6 aromatic rings. The van der Waals surface area contributed by atoms with Gasteiger partial charge < -0.3 is 10.3 Å². The van der Waals surface area contributed by atoms with Crippen LogP contribution in [0.4, 0.5) is 5.82 Å². The molecule has 0 fully saturated rings. The highest BCUT2D eigenvalue weighted by Crippen LogP contribution is 2.26. The van der Waals surface area contributed by atoms with Gasteiger partial charge in [-0.1, -0.05) is 35.9 Å². The molecule has 0 bridgehead atoms. The molecule has 2 N–H and O–H groups in total. The van der Waals surface area contributed by atoms with Crippen LogP contribution in [-0.4, -0.2) is 46.2 Å². The van der Waals surface area contributed by atoms with Crippen molar-refractivity contribution in [2.75, 3.05) is 5.32 Å². The van der Waals surface area contributed by atoms with Gasteiger partial charge >= 0.3 is 0 Å². The van der Waals surface area contributed by atoms with E-state index in [0.717, 1.165) is 22.3 Å². The fourth-order valence-corrected chi connectivity index (χ4v) is 4.52. The summed E-state index contributed by atoms with van der Waals surface area (Å²) in [5.41, 5.74) is 5.44. The smallest absolute Gasteiger partial charge is 0.298 e. The van der Waals surface area contributed by atoms with Gasteiger partial charge in [-0.15, -0.1) is 0 Å². The van der Waals surface area contributed by atoms with Crippen LogP contribution in [0.2, 0.25) is 0 Å². The van der Waals surface area contributed by atoms with Crippen molar-refractivity contribution in [3.63, 3.8) is 0 Å². The van der Waals surface area contributed by atoms with Gasteiger partial charge in [0.05, 0.1) is 28.5 Å². The Bertz CT molecular complexity index is 1840. The molecule has 182 valence electrons. The molecule has 0 aliphatic rings. The van der Waals surface area contributed by atoms with E-state index in [1.807, 2.05) is 44.2 Å². The standard InChI is InChI=1S/C27H22N8O2/c1-15-8-9-22(16(2)10-15)34-25-20(13-31-34)26(30-14-29-25)35-23(11-17(3)33-35)32-27(37)24(36)19-12-28-21-7-5-4-6-18(19)21/h4-14,28H,1-3H3,(H,32,37). The number of anilines is 1. The molecule has 4 aromatic heterocycles. The quantitative estimate of drug-likeness (QED) is 0.275. The van der Waals surface area contributed by atoms with Gasteiger partial charge in [0.15, 0.2) is 11.5 Å². The second kappa shape index (κ2) is 8.52. The average Bonchev–Trinajstić information content (AvgIpc) is 3.60. The van der Waals surface area contributed by atoms with E-state index in [9.17, 15) is 9.59 Å². The number of hydrogen-bond donors (Lipinski definition) is 2. The van der Waals surface area contributed by atoms with Crippen molar-refractivity contribution in [3.05, 3.63) is 89.6 Å². The Morgan fingerprint density at radius 1 is 0.946 bits per heavy atom. The minimum atomic E-state index is -0.776. The Morgan fingerprint density at radius 3 is 2.62 bits per heavy atom. The van der Waals surface area contributed by atoms with Crippen LogP contribution < -0.4 is 5.32 Å². The summed E-state index contributed by atoms with van der Waals surface area (Å²) < 4.78 is 3.25. The normalized spacial score (nSPS) is 11.3. The third-order valence-corrected chi connectivity index (χ3v) is 6.24. The van der Waals surface area contributed by atoms with Crippen LogP contribution >= 0.6 is 0 Å². The first-order valence-electron chi connectivity index (χ1n) is 11.7. The minimum absolute atomic E-state index is 0.301. The average molecular weight is 491 g/mol. The number of nitrogens with one attached hydrogen (secondary N) is 2. The number of fused-ring (bicyclic) bond motifs is 2. The zero-order valence-electron chi connectivity index (χ0n) is 20.4. The molecular weight excluding hydrogens is 468 g/mol. The molecule has 0 spiro atoms. The third kappa shape index (κ3) is 3.75. The summed E-state index contributed by atoms with van der Waals surface area (Å²) in [7, 11) is 0. The number of aromatic amines is 1. The Hall–Kier alpha value is -5.12. The summed E-state index contributed by atoms with van der Waals surface area (Å²) in [6.07, 6.45) is 4.65. The highest BCUT2D eigenvalue weighted by molar-refractivity contribution is 6.48. The van der Waals surface area contributed by atoms with Gasteiger partial charge in [0.1, 0.15) is 12.1 Å². The fourth-order valence-electron chi connectivity index (χ4n) is 4.52. The molecule has 0 saturated heterocycles. The van der Waals surface area contributed by atoms with E-state index in [1.165, 1.54) is 11.0 Å². The largest absolute Gasteiger partial charge is 0.360 e. The van der Waals surface area contributed by atoms with E-state index in [1.54, 1.807) is 36.1 Å². The van der Waals surface area contributed by atoms with Crippen LogP contribution in [-0.2, 0) is 4.79 Å². The number of H-pyrrole nitrogens is 1. The SMILES string of the molecule is Cc1ccc(-n2ncc3c(-n4nc(C)cc4NC(=O)C(=O)c4c[nH]c5ccccc45)ncnc32)c(C)c1. The molecule has 37 heavy (non-hydrogen) atoms. The Morgan fingerprint density at radius 2 is 1.78 bits per heavy atom. The third-order valence-electron chi connectivity index (χ3n) is 6.24. The monoisotopic (exact) mass is 490 g/mol. The van der Waals surface area contributed by atoms with E-state index >= 15 is 0 Å². The highest BCUT2D eigenvalue weighted by atomic mass is 16.2. The Labute approximate surface area is 211 Å². The predicted octanol–water partition coefficient (Wildman–Crippen LogP) is 4.23. The van der Waals surface area contributed by atoms with Gasteiger partial charge in [0.25, 0.3) is 11.7 Å². The Kier molecular flexibility index (Phi) is 5.15. The number of nitrogens with zero attached hydrogens (tertiary/aromatic N) is 6. The van der Waals surface area contributed by atoms with Gasteiger partial charge in [-0.05, 0) is 38.5 Å². The van der Waals surface area contributed by atoms with Crippen LogP contribution in [0.5, 0.6) is 0 Å². The molecule has 0 radical (unpaired) electrons. The number of para-hydroxylation sites is 1. The lowest BCUT2D eigenvalue weighted by atomic mass is 10.1. The van der Waals surface area contributed by atoms with E-state index < -0.39 is 11.7 Å². The highest BCUT2D eigenvalue weighted by Gasteiger charge is 2.23. The van der Waals surface area contributed by atoms with E-state index in [2.05, 4.69) is 36.5 Å². The van der Waals surface area contributed by atoms with Crippen molar-refractivity contribution in [3.8, 4) is 11.5 Å². The van der Waals surface area contributed by atoms with E-state index in [-0.39, 0.29) is 0 Å². The topological polar surface area (TPSA) is 123 Å². The molecule has 0 unspecified atom stereocenters. The second-order valence-electron chi connectivity index (χ2n) is 8.89. The number of carbonyl (C=O) groups excluding carboxylic acids is 2. The van der Waals surface area contributed by atoms with Gasteiger partial charge in [-0.3, -0.25) is 9.59 Å². The molecule has 0 saturated carbocycles. The van der Waals surface area contributed by atoms with Crippen LogP contribution in [0.1, 0.15) is 27.2 Å². The van der Waals surface area contributed by atoms with Crippen molar-refractivity contribution in [1.29, 1.82) is 0 Å². The molecule has 0 aliphatic heterocycles. The first kappa shape index (κ1) is 22.4. The summed E-state index contributed by atoms with van der Waals surface area (Å²) in [5.74, 6) is -0.681. The van der Waals surface area contributed by atoms with Crippen molar-refractivity contribution >= 4 is 39.4 Å². The van der Waals surface area contributed by atoms with Crippen molar-refractivity contribution < 1.29 is 9.59 Å². The van der Waals surface area contributed by atoms with Crippen LogP contribution in [0.3, 0.4) is 0 Å². The van der Waals surface area contributed by atoms with Gasteiger partial charge in [-0.2, -0.15) is 14.9 Å². The number of Topliss-reactive ketones (excluding diaryl/α,β-unsaturated/α-hetero) is 1. The summed E-state index contributed by atoms with van der Waals surface area (Å²) in [6.45, 7) is 5.86. The van der Waals surface area contributed by atoms with Crippen molar-refractivity contribution in [2.45, 2.75) is 20.8 Å². The molecule has 2 aromatic carbocycles. The molecule has 0 aliphatic carbocycles. The first-order valence-corrected chi connectivity index (χ1v) is 11.7. The molecular formula is C27H22N8O2. The number of hydrogen-bond acceptors (Lipinski definition) is 6. The lowest BCUT2D eigenvalue weighted by Crippen LogP contribution is -2.24. The summed E-state index contributed by atoms with van der Waals surface area (Å²) in [6, 6.07) is 15.1.